The maximum absolute atomic E-state index is 13.2. The topological polar surface area (TPSA) is 51.5 Å². The van der Waals surface area contributed by atoms with E-state index in [9.17, 15) is 9.18 Å². The van der Waals surface area contributed by atoms with Gasteiger partial charge in [-0.15, -0.1) is 0 Å². The van der Waals surface area contributed by atoms with Gasteiger partial charge in [-0.1, -0.05) is 18.2 Å². The molecule has 0 saturated carbocycles. The first-order valence-corrected chi connectivity index (χ1v) is 8.77. The van der Waals surface area contributed by atoms with E-state index in [0.717, 1.165) is 5.56 Å². The van der Waals surface area contributed by atoms with Gasteiger partial charge in [-0.2, -0.15) is 0 Å². The Bertz CT molecular complexity index is 952. The zero-order chi connectivity index (χ0) is 18.7. The lowest BCUT2D eigenvalue weighted by atomic mass is 10.2. The van der Waals surface area contributed by atoms with Gasteiger partial charge < -0.3 is 14.5 Å². The zero-order valence-corrected chi connectivity index (χ0v) is 15.9. The van der Waals surface area contributed by atoms with E-state index in [2.05, 4.69) is 21.2 Å². The second-order valence-corrected chi connectivity index (χ2v) is 6.60. The molecule has 0 spiro atoms. The van der Waals surface area contributed by atoms with Crippen LogP contribution in [0.4, 0.5) is 10.1 Å². The lowest BCUT2D eigenvalue weighted by molar-refractivity contribution is 0.102. The summed E-state index contributed by atoms with van der Waals surface area (Å²) >= 11 is 3.38. The van der Waals surface area contributed by atoms with Gasteiger partial charge in [0.15, 0.2) is 0 Å². The second-order valence-electron chi connectivity index (χ2n) is 5.80. The summed E-state index contributed by atoms with van der Waals surface area (Å²) in [5.74, 6) is 1.20. The molecular formula is C20H17BrFNO3. The SMILES string of the molecule is Cc1oc(C)c(C(=O)Nc2cccc(OCc3cccc(F)c3)c2)c1Br. The molecule has 1 heterocycles. The van der Waals surface area contributed by atoms with Crippen LogP contribution in [0.3, 0.4) is 0 Å². The van der Waals surface area contributed by atoms with Crippen molar-refractivity contribution >= 4 is 27.5 Å². The number of benzene rings is 2. The van der Waals surface area contributed by atoms with Gasteiger partial charge in [0.25, 0.3) is 5.91 Å². The van der Waals surface area contributed by atoms with Gasteiger partial charge in [0, 0.05) is 11.8 Å². The Kier molecular flexibility index (Phi) is 5.42. The van der Waals surface area contributed by atoms with Crippen LogP contribution in [0, 0.1) is 19.7 Å². The van der Waals surface area contributed by atoms with Crippen LogP contribution in [0.15, 0.2) is 57.4 Å². The average Bonchev–Trinajstić information content (AvgIpc) is 2.86. The number of halogens is 2. The van der Waals surface area contributed by atoms with Crippen LogP contribution in [0.25, 0.3) is 0 Å². The largest absolute Gasteiger partial charge is 0.489 e. The summed E-state index contributed by atoms with van der Waals surface area (Å²) in [6.45, 7) is 3.76. The number of hydrogen-bond donors (Lipinski definition) is 1. The highest BCUT2D eigenvalue weighted by molar-refractivity contribution is 9.10. The van der Waals surface area contributed by atoms with Crippen LogP contribution in [0.1, 0.15) is 27.4 Å². The molecule has 3 rings (SSSR count). The number of ether oxygens (including phenoxy) is 1. The molecule has 0 fully saturated rings. The van der Waals surface area contributed by atoms with Crippen molar-refractivity contribution in [2.75, 3.05) is 5.32 Å². The molecule has 0 bridgehead atoms. The number of aryl methyl sites for hydroxylation is 2. The van der Waals surface area contributed by atoms with Crippen molar-refractivity contribution in [1.82, 2.24) is 0 Å². The minimum absolute atomic E-state index is 0.237. The Morgan fingerprint density at radius 3 is 2.62 bits per heavy atom. The minimum atomic E-state index is -0.302. The first-order valence-electron chi connectivity index (χ1n) is 7.98. The quantitative estimate of drug-likeness (QED) is 0.585. The first-order chi connectivity index (χ1) is 12.4. The summed E-state index contributed by atoms with van der Waals surface area (Å²) in [5.41, 5.74) is 1.79. The third-order valence-electron chi connectivity index (χ3n) is 3.80. The van der Waals surface area contributed by atoms with Gasteiger partial charge in [0.2, 0.25) is 0 Å². The molecule has 1 N–H and O–H groups in total. The van der Waals surface area contributed by atoms with E-state index in [-0.39, 0.29) is 18.3 Å². The Morgan fingerprint density at radius 1 is 1.15 bits per heavy atom. The molecule has 134 valence electrons. The van der Waals surface area contributed by atoms with Crippen LogP contribution in [-0.2, 0) is 6.61 Å². The van der Waals surface area contributed by atoms with Crippen molar-refractivity contribution in [2.45, 2.75) is 20.5 Å². The van der Waals surface area contributed by atoms with E-state index in [1.807, 2.05) is 0 Å². The first kappa shape index (κ1) is 18.2. The smallest absolute Gasteiger partial charge is 0.260 e. The van der Waals surface area contributed by atoms with E-state index in [4.69, 9.17) is 9.15 Å². The Hall–Kier alpha value is -2.60. The summed E-state index contributed by atoms with van der Waals surface area (Å²) < 4.78 is 25.0. The molecule has 0 unspecified atom stereocenters. The average molecular weight is 418 g/mol. The number of carbonyl (C=O) groups excluding carboxylic acids is 1. The maximum atomic E-state index is 13.2. The molecule has 0 aliphatic carbocycles. The minimum Gasteiger partial charge on any atom is -0.489 e. The molecule has 26 heavy (non-hydrogen) atoms. The summed E-state index contributed by atoms with van der Waals surface area (Å²) in [5, 5.41) is 2.83. The summed E-state index contributed by atoms with van der Waals surface area (Å²) in [6.07, 6.45) is 0. The van der Waals surface area contributed by atoms with E-state index in [1.165, 1.54) is 12.1 Å². The number of carbonyl (C=O) groups is 1. The highest BCUT2D eigenvalue weighted by atomic mass is 79.9. The van der Waals surface area contributed by atoms with Gasteiger partial charge in [0.1, 0.15) is 29.7 Å². The number of amides is 1. The van der Waals surface area contributed by atoms with Crippen molar-refractivity contribution < 1.29 is 18.3 Å². The molecule has 0 saturated heterocycles. The Labute approximate surface area is 159 Å². The zero-order valence-electron chi connectivity index (χ0n) is 14.3. The van der Waals surface area contributed by atoms with Crippen molar-refractivity contribution in [3.8, 4) is 5.75 Å². The molecule has 0 radical (unpaired) electrons. The Morgan fingerprint density at radius 2 is 1.92 bits per heavy atom. The normalized spacial score (nSPS) is 10.6. The van der Waals surface area contributed by atoms with Crippen molar-refractivity contribution in [3.63, 3.8) is 0 Å². The molecular weight excluding hydrogens is 401 g/mol. The Balaban J connectivity index is 1.70. The molecule has 4 nitrogen and oxygen atoms in total. The van der Waals surface area contributed by atoms with Gasteiger partial charge >= 0.3 is 0 Å². The summed E-state index contributed by atoms with van der Waals surface area (Å²) in [7, 11) is 0. The third kappa shape index (κ3) is 4.14. The van der Waals surface area contributed by atoms with Crippen LogP contribution in [0.2, 0.25) is 0 Å². The third-order valence-corrected chi connectivity index (χ3v) is 4.76. The predicted molar refractivity (Wildman–Crippen MR) is 101 cm³/mol. The number of nitrogens with one attached hydrogen (secondary N) is 1. The fourth-order valence-corrected chi connectivity index (χ4v) is 3.11. The molecule has 0 aliphatic heterocycles. The highest BCUT2D eigenvalue weighted by Gasteiger charge is 2.20. The number of furan rings is 1. The fraction of sp³-hybridized carbons (Fsp3) is 0.150. The van der Waals surface area contributed by atoms with E-state index in [1.54, 1.807) is 50.2 Å². The fourth-order valence-electron chi connectivity index (χ4n) is 2.57. The van der Waals surface area contributed by atoms with E-state index >= 15 is 0 Å². The number of rotatable bonds is 5. The van der Waals surface area contributed by atoms with Crippen molar-refractivity contribution in [3.05, 3.63) is 81.5 Å². The van der Waals surface area contributed by atoms with Crippen LogP contribution in [-0.4, -0.2) is 5.91 Å². The molecule has 1 amide bonds. The molecule has 0 aliphatic rings. The van der Waals surface area contributed by atoms with Crippen LogP contribution in [0.5, 0.6) is 5.75 Å². The van der Waals surface area contributed by atoms with Crippen molar-refractivity contribution in [2.24, 2.45) is 0 Å². The standard InChI is InChI=1S/C20H17BrFNO3/c1-12-18(19(21)13(2)26-12)20(24)23-16-7-4-8-17(10-16)25-11-14-5-3-6-15(22)9-14/h3-10H,11H2,1-2H3,(H,23,24). The van der Waals surface area contributed by atoms with E-state index < -0.39 is 0 Å². The molecule has 2 aromatic carbocycles. The maximum Gasteiger partial charge on any atom is 0.260 e. The monoisotopic (exact) mass is 417 g/mol. The second kappa shape index (κ2) is 7.74. The van der Waals surface area contributed by atoms with Gasteiger partial charge in [0.05, 0.1) is 10.0 Å². The predicted octanol–water partition coefficient (Wildman–Crippen LogP) is 5.63. The number of hydrogen-bond acceptors (Lipinski definition) is 3. The summed E-state index contributed by atoms with van der Waals surface area (Å²) in [4.78, 5) is 12.5. The van der Waals surface area contributed by atoms with Crippen LogP contribution >= 0.6 is 15.9 Å². The van der Waals surface area contributed by atoms with E-state index in [0.29, 0.717) is 33.0 Å². The van der Waals surface area contributed by atoms with Crippen LogP contribution < -0.4 is 10.1 Å². The molecule has 3 aromatic rings. The number of anilines is 1. The lowest BCUT2D eigenvalue weighted by Crippen LogP contribution is -2.13. The van der Waals surface area contributed by atoms with Gasteiger partial charge in [-0.05, 0) is 59.6 Å². The molecule has 6 heteroatoms. The molecule has 1 aromatic heterocycles. The van der Waals surface area contributed by atoms with Gasteiger partial charge in [-0.3, -0.25) is 4.79 Å². The van der Waals surface area contributed by atoms with Gasteiger partial charge in [-0.25, -0.2) is 4.39 Å². The van der Waals surface area contributed by atoms with Crippen molar-refractivity contribution in [1.29, 1.82) is 0 Å². The summed E-state index contributed by atoms with van der Waals surface area (Å²) in [6, 6.07) is 13.3. The lowest BCUT2D eigenvalue weighted by Gasteiger charge is -2.09. The highest BCUT2D eigenvalue weighted by Crippen LogP contribution is 2.28. The molecule has 0 atom stereocenters.